The highest BCUT2D eigenvalue weighted by Gasteiger charge is 2.19. The predicted octanol–water partition coefficient (Wildman–Crippen LogP) is 6.61. The monoisotopic (exact) mass is 452 g/mol. The number of fused-ring (bicyclic) bond motifs is 1. The largest absolute Gasteiger partial charge is 0.415 e. The Kier molecular flexibility index (Phi) is 6.40. The van der Waals surface area contributed by atoms with E-state index in [4.69, 9.17) is 4.74 Å². The van der Waals surface area contributed by atoms with Crippen LogP contribution in [-0.4, -0.2) is 28.6 Å². The number of carbonyl (C=O) groups excluding carboxylic acids is 1. The van der Waals surface area contributed by atoms with Crippen molar-refractivity contribution in [2.45, 2.75) is 20.4 Å². The number of hydrogen-bond acceptors (Lipinski definition) is 2. The molecule has 0 aliphatic rings. The Bertz CT molecular complexity index is 1300. The molecule has 0 atom stereocenters. The van der Waals surface area contributed by atoms with Crippen molar-refractivity contribution in [1.29, 1.82) is 0 Å². The molecule has 0 spiro atoms. The zero-order chi connectivity index (χ0) is 23.5. The normalized spacial score (nSPS) is 11.1. The van der Waals surface area contributed by atoms with Crippen molar-refractivity contribution in [3.8, 4) is 16.9 Å². The van der Waals surface area contributed by atoms with Gasteiger partial charge in [-0.25, -0.2) is 18.0 Å². The molecule has 4 rings (SSSR count). The fourth-order valence-corrected chi connectivity index (χ4v) is 3.88. The first kappa shape index (κ1) is 22.5. The number of amides is 1. The van der Waals surface area contributed by atoms with E-state index >= 15 is 0 Å². The van der Waals surface area contributed by atoms with Gasteiger partial charge in [0.05, 0.1) is 6.54 Å². The minimum absolute atomic E-state index is 0.120. The Morgan fingerprint density at radius 1 is 0.909 bits per heavy atom. The molecule has 0 aliphatic carbocycles. The van der Waals surface area contributed by atoms with Crippen molar-refractivity contribution in [1.82, 2.24) is 9.47 Å². The number of ether oxygens (including phenoxy) is 1. The van der Waals surface area contributed by atoms with Crippen molar-refractivity contribution in [3.05, 3.63) is 89.9 Å². The highest BCUT2D eigenvalue weighted by Crippen LogP contribution is 2.38. The van der Waals surface area contributed by atoms with Crippen LogP contribution in [0.25, 0.3) is 22.0 Å². The van der Waals surface area contributed by atoms with Gasteiger partial charge in [0.15, 0.2) is 0 Å². The first-order chi connectivity index (χ1) is 15.9. The van der Waals surface area contributed by atoms with Gasteiger partial charge >= 0.3 is 6.09 Å². The molecule has 0 N–H and O–H groups in total. The Morgan fingerprint density at radius 3 is 2.30 bits per heavy atom. The zero-order valence-electron chi connectivity index (χ0n) is 18.3. The quantitative estimate of drug-likeness (QED) is 0.330. The molecule has 0 unspecified atom stereocenters. The second-order valence-electron chi connectivity index (χ2n) is 7.60. The van der Waals surface area contributed by atoms with Gasteiger partial charge in [0.25, 0.3) is 0 Å². The summed E-state index contributed by atoms with van der Waals surface area (Å²) in [6.07, 6.45) is 1.28. The van der Waals surface area contributed by atoms with Gasteiger partial charge < -0.3 is 14.2 Å². The summed E-state index contributed by atoms with van der Waals surface area (Å²) in [6, 6.07) is 14.5. The molecule has 0 aliphatic heterocycles. The third-order valence-corrected chi connectivity index (χ3v) is 5.62. The van der Waals surface area contributed by atoms with Crippen LogP contribution in [0.3, 0.4) is 0 Å². The van der Waals surface area contributed by atoms with Crippen molar-refractivity contribution >= 4 is 17.0 Å². The summed E-state index contributed by atoms with van der Waals surface area (Å²) in [7, 11) is 0. The molecule has 4 nitrogen and oxygen atoms in total. The number of aromatic nitrogens is 1. The molecule has 1 heterocycles. The number of hydrogen-bond donors (Lipinski definition) is 0. The molecule has 1 amide bonds. The van der Waals surface area contributed by atoms with Gasteiger partial charge in [-0.3, -0.25) is 0 Å². The minimum atomic E-state index is -0.513. The summed E-state index contributed by atoms with van der Waals surface area (Å²) in [6.45, 7) is 4.84. The molecular formula is C26H23F3N2O2. The fraction of sp³-hybridized carbons (Fsp3) is 0.192. The van der Waals surface area contributed by atoms with E-state index in [-0.39, 0.29) is 17.9 Å². The average molecular weight is 452 g/mol. The van der Waals surface area contributed by atoms with E-state index in [1.807, 2.05) is 19.9 Å². The van der Waals surface area contributed by atoms with Gasteiger partial charge in [-0.15, -0.1) is 0 Å². The molecule has 170 valence electrons. The summed E-state index contributed by atoms with van der Waals surface area (Å²) in [4.78, 5) is 14.2. The molecule has 0 fully saturated rings. The second-order valence-corrected chi connectivity index (χ2v) is 7.60. The maximum atomic E-state index is 14.2. The highest BCUT2D eigenvalue weighted by atomic mass is 19.1. The van der Waals surface area contributed by atoms with Crippen LogP contribution in [0.2, 0.25) is 0 Å². The van der Waals surface area contributed by atoms with Crippen molar-refractivity contribution in [2.75, 3.05) is 13.1 Å². The molecule has 7 heteroatoms. The van der Waals surface area contributed by atoms with Crippen molar-refractivity contribution in [2.24, 2.45) is 0 Å². The molecule has 0 saturated heterocycles. The van der Waals surface area contributed by atoms with Gasteiger partial charge in [0.1, 0.15) is 23.2 Å². The molecular weight excluding hydrogens is 429 g/mol. The van der Waals surface area contributed by atoms with E-state index in [2.05, 4.69) is 0 Å². The minimum Gasteiger partial charge on any atom is -0.410 e. The number of nitrogens with zero attached hydrogens (tertiary/aromatic N) is 2. The van der Waals surface area contributed by atoms with E-state index in [0.717, 1.165) is 23.0 Å². The third-order valence-electron chi connectivity index (χ3n) is 5.62. The Hall–Kier alpha value is -3.74. The molecule has 0 bridgehead atoms. The maximum Gasteiger partial charge on any atom is 0.415 e. The summed E-state index contributed by atoms with van der Waals surface area (Å²) >= 11 is 0. The number of rotatable bonds is 6. The molecule has 4 aromatic rings. The third kappa shape index (κ3) is 4.58. The average Bonchev–Trinajstić information content (AvgIpc) is 3.20. The van der Waals surface area contributed by atoms with Gasteiger partial charge in [0.2, 0.25) is 0 Å². The van der Waals surface area contributed by atoms with Crippen molar-refractivity contribution in [3.63, 3.8) is 0 Å². The van der Waals surface area contributed by atoms with Crippen LogP contribution >= 0.6 is 0 Å². The SMILES string of the molecule is CCN(CC)C(=O)Oc1ccc2c(ccn2Cc2cc(F)ccc2F)c1-c1ccc(F)cc1. The van der Waals surface area contributed by atoms with E-state index in [1.165, 1.54) is 18.2 Å². The number of halogens is 3. The van der Waals surface area contributed by atoms with Crippen LogP contribution in [0.4, 0.5) is 18.0 Å². The topological polar surface area (TPSA) is 34.5 Å². The maximum absolute atomic E-state index is 14.2. The molecule has 0 radical (unpaired) electrons. The van der Waals surface area contributed by atoms with E-state index in [1.54, 1.807) is 39.9 Å². The Labute approximate surface area is 189 Å². The predicted molar refractivity (Wildman–Crippen MR) is 122 cm³/mol. The van der Waals surface area contributed by atoms with E-state index in [0.29, 0.717) is 30.0 Å². The lowest BCUT2D eigenvalue weighted by Gasteiger charge is -2.20. The van der Waals surface area contributed by atoms with Crippen LogP contribution in [0, 0.1) is 17.5 Å². The van der Waals surface area contributed by atoms with E-state index < -0.39 is 17.7 Å². The van der Waals surface area contributed by atoms with Gasteiger partial charge in [-0.2, -0.15) is 0 Å². The molecule has 3 aromatic carbocycles. The molecule has 0 saturated carbocycles. The fourth-order valence-electron chi connectivity index (χ4n) is 3.88. The number of benzene rings is 3. The van der Waals surface area contributed by atoms with Gasteiger partial charge in [-0.05, 0) is 67.9 Å². The lowest BCUT2D eigenvalue weighted by atomic mass is 10.0. The first-order valence-electron chi connectivity index (χ1n) is 10.7. The first-order valence-corrected chi connectivity index (χ1v) is 10.7. The van der Waals surface area contributed by atoms with Crippen LogP contribution in [0.1, 0.15) is 19.4 Å². The Balaban J connectivity index is 1.82. The summed E-state index contributed by atoms with van der Waals surface area (Å²) < 4.78 is 48.9. The molecule has 33 heavy (non-hydrogen) atoms. The summed E-state index contributed by atoms with van der Waals surface area (Å²) in [5.41, 5.74) is 2.24. The number of carbonyl (C=O) groups is 1. The zero-order valence-corrected chi connectivity index (χ0v) is 18.3. The standard InChI is InChI=1S/C26H23F3N2O2/c1-3-30(4-2)26(32)33-24-12-11-23-21(25(24)17-5-7-19(27)8-6-17)13-14-31(23)16-18-15-20(28)9-10-22(18)29/h5-15H,3-4,16H2,1-2H3. The Morgan fingerprint density at radius 2 is 1.61 bits per heavy atom. The van der Waals surface area contributed by atoms with Gasteiger partial charge in [-0.1, -0.05) is 12.1 Å². The van der Waals surface area contributed by atoms with Crippen LogP contribution < -0.4 is 4.74 Å². The van der Waals surface area contributed by atoms with Gasteiger partial charge in [0, 0.05) is 41.3 Å². The van der Waals surface area contributed by atoms with Crippen molar-refractivity contribution < 1.29 is 22.7 Å². The second kappa shape index (κ2) is 9.40. The lowest BCUT2D eigenvalue weighted by molar-refractivity contribution is 0.157. The van der Waals surface area contributed by atoms with Crippen LogP contribution in [-0.2, 0) is 6.54 Å². The van der Waals surface area contributed by atoms with E-state index in [9.17, 15) is 18.0 Å². The smallest absolute Gasteiger partial charge is 0.410 e. The summed E-state index contributed by atoms with van der Waals surface area (Å²) in [5, 5.41) is 0.739. The summed E-state index contributed by atoms with van der Waals surface area (Å²) in [5.74, 6) is -1.06. The molecule has 1 aromatic heterocycles. The van der Waals surface area contributed by atoms with Crippen LogP contribution in [0.15, 0.2) is 66.9 Å². The van der Waals surface area contributed by atoms with Crippen LogP contribution in [0.5, 0.6) is 5.75 Å². The highest BCUT2D eigenvalue weighted by molar-refractivity contribution is 5.99. The lowest BCUT2D eigenvalue weighted by Crippen LogP contribution is -2.33.